The first kappa shape index (κ1) is 18.9. The van der Waals surface area contributed by atoms with E-state index < -0.39 is 0 Å². The minimum absolute atomic E-state index is 0.334. The summed E-state index contributed by atoms with van der Waals surface area (Å²) >= 11 is 12.9. The average Bonchev–Trinajstić information content (AvgIpc) is 3.07. The fourth-order valence-corrected chi connectivity index (χ4v) is 4.41. The molecule has 1 aromatic heterocycles. The van der Waals surface area contributed by atoms with Crippen molar-refractivity contribution in [3.63, 3.8) is 0 Å². The predicted molar refractivity (Wildman–Crippen MR) is 114 cm³/mol. The highest BCUT2D eigenvalue weighted by Crippen LogP contribution is 2.40. The number of hydrogen-bond acceptors (Lipinski definition) is 5. The van der Waals surface area contributed by atoms with E-state index in [1.807, 2.05) is 42.5 Å². The number of likely N-dealkylation sites (N-methyl/N-ethyl adjacent to an activating group) is 1. The summed E-state index contributed by atoms with van der Waals surface area (Å²) in [6.07, 6.45) is -0.334. The van der Waals surface area contributed by atoms with Crippen molar-refractivity contribution in [2.75, 3.05) is 38.1 Å². The van der Waals surface area contributed by atoms with Crippen LogP contribution < -0.4 is 4.90 Å². The normalized spacial score (nSPS) is 19.6. The van der Waals surface area contributed by atoms with E-state index in [0.717, 1.165) is 54.8 Å². The number of benzene rings is 2. The summed E-state index contributed by atoms with van der Waals surface area (Å²) in [5.41, 5.74) is 2.85. The first-order valence-corrected chi connectivity index (χ1v) is 10.4. The Balaban J connectivity index is 1.64. The number of halogens is 2. The number of aromatic nitrogens is 3. The zero-order valence-corrected chi connectivity index (χ0v) is 17.6. The molecule has 0 amide bonds. The minimum Gasteiger partial charge on any atom is -0.361 e. The number of hydrogen-bond donors (Lipinski definition) is 0. The molecule has 3 heterocycles. The van der Waals surface area contributed by atoms with Gasteiger partial charge in [-0.3, -0.25) is 4.57 Å². The van der Waals surface area contributed by atoms with Gasteiger partial charge < -0.3 is 14.5 Å². The van der Waals surface area contributed by atoms with E-state index in [1.54, 1.807) is 0 Å². The first-order valence-electron chi connectivity index (χ1n) is 9.65. The van der Waals surface area contributed by atoms with Crippen molar-refractivity contribution in [3.05, 3.63) is 69.5 Å². The average molecular weight is 430 g/mol. The van der Waals surface area contributed by atoms with Crippen molar-refractivity contribution in [1.82, 2.24) is 19.7 Å². The molecular weight excluding hydrogens is 409 g/mol. The van der Waals surface area contributed by atoms with Gasteiger partial charge >= 0.3 is 0 Å². The fraction of sp³-hybridized carbons (Fsp3) is 0.333. The van der Waals surface area contributed by atoms with Crippen molar-refractivity contribution < 1.29 is 4.74 Å². The molecule has 3 aromatic rings. The van der Waals surface area contributed by atoms with Gasteiger partial charge in [0.2, 0.25) is 5.95 Å². The lowest BCUT2D eigenvalue weighted by Gasteiger charge is -2.33. The van der Waals surface area contributed by atoms with Gasteiger partial charge in [-0.1, -0.05) is 41.4 Å². The highest BCUT2D eigenvalue weighted by molar-refractivity contribution is 6.31. The molecule has 1 atom stereocenters. The second-order valence-electron chi connectivity index (χ2n) is 7.46. The van der Waals surface area contributed by atoms with Gasteiger partial charge in [0.25, 0.3) is 0 Å². The maximum absolute atomic E-state index is 6.51. The second-order valence-corrected chi connectivity index (χ2v) is 8.30. The topological polar surface area (TPSA) is 46.4 Å². The third-order valence-corrected chi connectivity index (χ3v) is 6.16. The van der Waals surface area contributed by atoms with Gasteiger partial charge in [-0.2, -0.15) is 0 Å². The molecule has 5 rings (SSSR count). The maximum Gasteiger partial charge on any atom is 0.232 e. The van der Waals surface area contributed by atoms with E-state index in [2.05, 4.69) is 31.6 Å². The minimum atomic E-state index is -0.334. The third-order valence-electron chi connectivity index (χ3n) is 5.58. The molecule has 1 saturated heterocycles. The molecule has 6 nitrogen and oxygen atoms in total. The van der Waals surface area contributed by atoms with Crippen LogP contribution in [0.5, 0.6) is 0 Å². The first-order chi connectivity index (χ1) is 14.1. The molecule has 150 valence electrons. The SMILES string of the molecule is CN1CCN(c2nnc3n2-c2ccc(Cl)cc2C(c2ccccc2Cl)OC3)CC1. The fourth-order valence-electron chi connectivity index (χ4n) is 3.99. The van der Waals surface area contributed by atoms with E-state index in [9.17, 15) is 0 Å². The Kier molecular flexibility index (Phi) is 4.95. The Morgan fingerprint density at radius 1 is 0.966 bits per heavy atom. The van der Waals surface area contributed by atoms with E-state index >= 15 is 0 Å². The summed E-state index contributed by atoms with van der Waals surface area (Å²) in [6.45, 7) is 4.14. The van der Waals surface area contributed by atoms with Crippen molar-refractivity contribution in [2.24, 2.45) is 0 Å². The quantitative estimate of drug-likeness (QED) is 0.616. The monoisotopic (exact) mass is 429 g/mol. The van der Waals surface area contributed by atoms with E-state index in [-0.39, 0.29) is 6.10 Å². The van der Waals surface area contributed by atoms with Crippen LogP contribution in [0.15, 0.2) is 42.5 Å². The Morgan fingerprint density at radius 2 is 1.76 bits per heavy atom. The van der Waals surface area contributed by atoms with Crippen LogP contribution >= 0.6 is 23.2 Å². The van der Waals surface area contributed by atoms with Gasteiger partial charge in [0.05, 0.1) is 5.69 Å². The lowest BCUT2D eigenvalue weighted by molar-refractivity contribution is 0.0656. The van der Waals surface area contributed by atoms with Crippen LogP contribution in [0, 0.1) is 0 Å². The largest absolute Gasteiger partial charge is 0.361 e. The van der Waals surface area contributed by atoms with Gasteiger partial charge in [0.15, 0.2) is 5.82 Å². The van der Waals surface area contributed by atoms with Crippen LogP contribution in [-0.4, -0.2) is 52.9 Å². The van der Waals surface area contributed by atoms with Crippen LogP contribution in [0.25, 0.3) is 5.69 Å². The van der Waals surface area contributed by atoms with Crippen LogP contribution in [0.3, 0.4) is 0 Å². The van der Waals surface area contributed by atoms with Gasteiger partial charge in [0.1, 0.15) is 12.7 Å². The summed E-state index contributed by atoms with van der Waals surface area (Å²) < 4.78 is 8.41. The molecule has 2 aromatic carbocycles. The Labute approximate surface area is 179 Å². The molecule has 0 radical (unpaired) electrons. The molecule has 8 heteroatoms. The van der Waals surface area contributed by atoms with Crippen molar-refractivity contribution >= 4 is 29.2 Å². The third kappa shape index (κ3) is 3.40. The zero-order chi connectivity index (χ0) is 20.0. The summed E-state index contributed by atoms with van der Waals surface area (Å²) in [4.78, 5) is 4.60. The van der Waals surface area contributed by atoms with E-state index in [4.69, 9.17) is 27.9 Å². The van der Waals surface area contributed by atoms with E-state index in [1.165, 1.54) is 0 Å². The smallest absolute Gasteiger partial charge is 0.232 e. The maximum atomic E-state index is 6.51. The molecule has 0 saturated carbocycles. The van der Waals surface area contributed by atoms with Crippen molar-refractivity contribution in [2.45, 2.75) is 12.7 Å². The summed E-state index contributed by atoms with van der Waals surface area (Å²) in [7, 11) is 2.14. The molecule has 2 aliphatic heterocycles. The molecule has 0 aliphatic carbocycles. The van der Waals surface area contributed by atoms with E-state index in [0.29, 0.717) is 16.7 Å². The van der Waals surface area contributed by atoms with Gasteiger partial charge in [0, 0.05) is 47.4 Å². The summed E-state index contributed by atoms with van der Waals surface area (Å²) in [5, 5.41) is 10.3. The summed E-state index contributed by atoms with van der Waals surface area (Å²) in [5.74, 6) is 1.62. The van der Waals surface area contributed by atoms with Crippen molar-refractivity contribution in [3.8, 4) is 5.69 Å². The van der Waals surface area contributed by atoms with Crippen LogP contribution in [-0.2, 0) is 11.3 Å². The number of rotatable bonds is 2. The molecule has 0 bridgehead atoms. The Bertz CT molecular complexity index is 1050. The van der Waals surface area contributed by atoms with Crippen LogP contribution in [0.1, 0.15) is 23.1 Å². The zero-order valence-electron chi connectivity index (χ0n) is 16.1. The van der Waals surface area contributed by atoms with Crippen LogP contribution in [0.2, 0.25) is 10.0 Å². The standard InChI is InChI=1S/C21H21Cl2N5O/c1-26-8-10-27(11-9-26)21-25-24-19-13-29-20(15-4-2-3-5-17(15)23)16-12-14(22)6-7-18(16)28(19)21/h2-7,12,20H,8-11,13H2,1H3. The lowest BCUT2D eigenvalue weighted by Crippen LogP contribution is -2.45. The van der Waals surface area contributed by atoms with Crippen molar-refractivity contribution in [1.29, 1.82) is 0 Å². The highest BCUT2D eigenvalue weighted by Gasteiger charge is 2.30. The molecule has 29 heavy (non-hydrogen) atoms. The Hall–Kier alpha value is -2.12. The van der Waals surface area contributed by atoms with Crippen LogP contribution in [0.4, 0.5) is 5.95 Å². The molecule has 2 aliphatic rings. The highest BCUT2D eigenvalue weighted by atomic mass is 35.5. The number of fused-ring (bicyclic) bond motifs is 3. The molecule has 1 unspecified atom stereocenters. The number of anilines is 1. The Morgan fingerprint density at radius 3 is 2.55 bits per heavy atom. The van der Waals surface area contributed by atoms with Gasteiger partial charge in [-0.15, -0.1) is 10.2 Å². The molecule has 1 fully saturated rings. The number of nitrogens with zero attached hydrogens (tertiary/aromatic N) is 5. The molecule has 0 spiro atoms. The number of ether oxygens (including phenoxy) is 1. The lowest BCUT2D eigenvalue weighted by atomic mass is 9.99. The second kappa shape index (κ2) is 7.61. The number of piperazine rings is 1. The molecule has 0 N–H and O–H groups in total. The van der Waals surface area contributed by atoms with Gasteiger partial charge in [-0.05, 0) is 31.3 Å². The predicted octanol–water partition coefficient (Wildman–Crippen LogP) is 3.95. The van der Waals surface area contributed by atoms with Gasteiger partial charge in [-0.25, -0.2) is 0 Å². The summed E-state index contributed by atoms with van der Waals surface area (Å²) in [6, 6.07) is 13.6. The molecular formula is C21H21Cl2N5O.